The lowest BCUT2D eigenvalue weighted by Crippen LogP contribution is -1.76. The average Bonchev–Trinajstić information content (AvgIpc) is 3.07. The van der Waals surface area contributed by atoms with Gasteiger partial charge in [-0.1, -0.05) is 0 Å². The van der Waals surface area contributed by atoms with Gasteiger partial charge in [0.05, 0.1) is 0 Å². The van der Waals surface area contributed by atoms with Crippen molar-refractivity contribution in [3.8, 4) is 0 Å². The van der Waals surface area contributed by atoms with E-state index >= 15 is 0 Å². The minimum atomic E-state index is -0.111. The third-order valence-electron chi connectivity index (χ3n) is 2.06. The fraction of sp³-hybridized carbons (Fsp3) is 0.333. The van der Waals surface area contributed by atoms with Gasteiger partial charge in [0.2, 0.25) is 0 Å². The molecule has 0 spiro atoms. The quantitative estimate of drug-likeness (QED) is 0.635. The Morgan fingerprint density at radius 3 is 0.889 bits per heavy atom. The van der Waals surface area contributed by atoms with Gasteiger partial charge in [0.15, 0.2) is 0 Å². The second kappa shape index (κ2) is 7.67. The molecule has 0 amide bonds. The SMILES string of the molecule is OCc1ccc(CO)o1.OCc1ccc(CO)o1. The van der Waals surface area contributed by atoms with Crippen molar-refractivity contribution >= 4 is 0 Å². The summed E-state index contributed by atoms with van der Waals surface area (Å²) in [7, 11) is 0. The molecule has 0 saturated carbocycles. The van der Waals surface area contributed by atoms with E-state index in [2.05, 4.69) is 0 Å². The molecule has 0 fully saturated rings. The van der Waals surface area contributed by atoms with Crippen LogP contribution in [0.25, 0.3) is 0 Å². The van der Waals surface area contributed by atoms with Gasteiger partial charge in [0, 0.05) is 0 Å². The molecule has 0 atom stereocenters. The first-order valence-electron chi connectivity index (χ1n) is 5.32. The first kappa shape index (κ1) is 14.5. The number of furan rings is 2. The standard InChI is InChI=1S/2C6H8O3/c2*7-3-5-1-2-6(4-8)9-5/h2*1-2,7-8H,3-4H2. The van der Waals surface area contributed by atoms with Crippen LogP contribution in [0.3, 0.4) is 0 Å². The number of aliphatic hydroxyl groups excluding tert-OH is 4. The van der Waals surface area contributed by atoms with E-state index in [9.17, 15) is 0 Å². The van der Waals surface area contributed by atoms with Crippen LogP contribution < -0.4 is 0 Å². The third kappa shape index (κ3) is 4.34. The Bertz CT molecular complexity index is 366. The molecule has 0 aliphatic carbocycles. The molecular formula is C12H16O6. The van der Waals surface area contributed by atoms with Crippen molar-refractivity contribution in [3.05, 3.63) is 47.3 Å². The molecule has 0 aliphatic heterocycles. The highest BCUT2D eigenvalue weighted by atomic mass is 16.4. The van der Waals surface area contributed by atoms with Crippen LogP contribution in [0.4, 0.5) is 0 Å². The predicted molar refractivity (Wildman–Crippen MR) is 61.1 cm³/mol. The molecule has 0 bridgehead atoms. The zero-order valence-corrected chi connectivity index (χ0v) is 9.74. The van der Waals surface area contributed by atoms with Crippen LogP contribution in [0.2, 0.25) is 0 Å². The maximum absolute atomic E-state index is 8.47. The maximum Gasteiger partial charge on any atom is 0.129 e. The minimum absolute atomic E-state index is 0.111. The molecule has 18 heavy (non-hydrogen) atoms. The second-order valence-electron chi connectivity index (χ2n) is 3.37. The molecule has 0 unspecified atom stereocenters. The van der Waals surface area contributed by atoms with Crippen LogP contribution in [0.5, 0.6) is 0 Å². The second-order valence-corrected chi connectivity index (χ2v) is 3.37. The summed E-state index contributed by atoms with van der Waals surface area (Å²) in [6.45, 7) is -0.444. The summed E-state index contributed by atoms with van der Waals surface area (Å²) >= 11 is 0. The number of aliphatic hydroxyl groups is 4. The van der Waals surface area contributed by atoms with Crippen molar-refractivity contribution in [2.45, 2.75) is 26.4 Å². The van der Waals surface area contributed by atoms with E-state index < -0.39 is 0 Å². The zero-order valence-electron chi connectivity index (χ0n) is 9.74. The summed E-state index contributed by atoms with van der Waals surface area (Å²) in [4.78, 5) is 0. The van der Waals surface area contributed by atoms with Crippen molar-refractivity contribution in [2.75, 3.05) is 0 Å². The van der Waals surface area contributed by atoms with E-state index in [0.29, 0.717) is 23.0 Å². The van der Waals surface area contributed by atoms with E-state index in [0.717, 1.165) is 0 Å². The summed E-state index contributed by atoms with van der Waals surface area (Å²) < 4.78 is 9.76. The van der Waals surface area contributed by atoms with Gasteiger partial charge >= 0.3 is 0 Å². The topological polar surface area (TPSA) is 107 Å². The van der Waals surface area contributed by atoms with Gasteiger partial charge in [-0.25, -0.2) is 0 Å². The van der Waals surface area contributed by atoms with Crippen LogP contribution in [-0.4, -0.2) is 20.4 Å². The zero-order chi connectivity index (χ0) is 13.4. The van der Waals surface area contributed by atoms with E-state index in [1.54, 1.807) is 24.3 Å². The molecule has 2 aromatic heterocycles. The first-order chi connectivity index (χ1) is 8.73. The van der Waals surface area contributed by atoms with Crippen molar-refractivity contribution < 1.29 is 29.3 Å². The van der Waals surface area contributed by atoms with Crippen LogP contribution in [-0.2, 0) is 26.4 Å². The molecule has 4 N–H and O–H groups in total. The van der Waals surface area contributed by atoms with Crippen LogP contribution in [0.15, 0.2) is 33.1 Å². The Labute approximate surface area is 104 Å². The smallest absolute Gasteiger partial charge is 0.129 e. The van der Waals surface area contributed by atoms with E-state index in [4.69, 9.17) is 29.3 Å². The molecule has 6 nitrogen and oxygen atoms in total. The lowest BCUT2D eigenvalue weighted by atomic mass is 10.4. The van der Waals surface area contributed by atoms with E-state index in [1.807, 2.05) is 0 Å². The van der Waals surface area contributed by atoms with Crippen molar-refractivity contribution in [2.24, 2.45) is 0 Å². The largest absolute Gasteiger partial charge is 0.461 e. The Morgan fingerprint density at radius 1 is 0.556 bits per heavy atom. The lowest BCUT2D eigenvalue weighted by molar-refractivity contribution is 0.215. The Balaban J connectivity index is 0.000000180. The molecule has 0 aromatic carbocycles. The van der Waals surface area contributed by atoms with Gasteiger partial charge in [-0.2, -0.15) is 0 Å². The van der Waals surface area contributed by atoms with Crippen molar-refractivity contribution in [3.63, 3.8) is 0 Å². The normalized spacial score (nSPS) is 10.0. The Morgan fingerprint density at radius 2 is 0.778 bits per heavy atom. The van der Waals surface area contributed by atoms with Gasteiger partial charge in [-0.05, 0) is 24.3 Å². The van der Waals surface area contributed by atoms with Gasteiger partial charge in [0.25, 0.3) is 0 Å². The maximum atomic E-state index is 8.47. The molecule has 0 radical (unpaired) electrons. The van der Waals surface area contributed by atoms with Gasteiger partial charge in [-0.3, -0.25) is 0 Å². The minimum Gasteiger partial charge on any atom is -0.461 e. The molecule has 0 saturated heterocycles. The summed E-state index contributed by atoms with van der Waals surface area (Å²) in [6, 6.07) is 6.52. The van der Waals surface area contributed by atoms with E-state index in [-0.39, 0.29) is 26.4 Å². The van der Waals surface area contributed by atoms with Crippen LogP contribution in [0.1, 0.15) is 23.0 Å². The van der Waals surface area contributed by atoms with Gasteiger partial charge in [-0.15, -0.1) is 0 Å². The van der Waals surface area contributed by atoms with Crippen molar-refractivity contribution in [1.29, 1.82) is 0 Å². The number of hydrogen-bond acceptors (Lipinski definition) is 6. The summed E-state index contributed by atoms with van der Waals surface area (Å²) in [5.41, 5.74) is 0. The highest BCUT2D eigenvalue weighted by molar-refractivity contribution is 5.05. The molecule has 100 valence electrons. The number of hydrogen-bond donors (Lipinski definition) is 4. The highest BCUT2D eigenvalue weighted by Gasteiger charge is 1.97. The fourth-order valence-electron chi connectivity index (χ4n) is 1.18. The Hall–Kier alpha value is -1.60. The van der Waals surface area contributed by atoms with Crippen LogP contribution in [0, 0.1) is 0 Å². The lowest BCUT2D eigenvalue weighted by Gasteiger charge is -1.86. The van der Waals surface area contributed by atoms with Crippen molar-refractivity contribution in [1.82, 2.24) is 0 Å². The van der Waals surface area contributed by atoms with Gasteiger partial charge in [0.1, 0.15) is 49.5 Å². The summed E-state index contributed by atoms with van der Waals surface area (Å²) in [6.07, 6.45) is 0. The Kier molecular flexibility index (Phi) is 6.16. The fourth-order valence-corrected chi connectivity index (χ4v) is 1.18. The third-order valence-corrected chi connectivity index (χ3v) is 2.06. The molecular weight excluding hydrogens is 240 g/mol. The summed E-state index contributed by atoms with van der Waals surface area (Å²) in [5.74, 6) is 1.94. The number of rotatable bonds is 4. The van der Waals surface area contributed by atoms with Crippen LogP contribution >= 0.6 is 0 Å². The summed E-state index contributed by atoms with van der Waals surface area (Å²) in [5, 5.41) is 33.9. The van der Waals surface area contributed by atoms with E-state index in [1.165, 1.54) is 0 Å². The first-order valence-corrected chi connectivity index (χ1v) is 5.32. The monoisotopic (exact) mass is 256 g/mol. The molecule has 2 aromatic rings. The van der Waals surface area contributed by atoms with Gasteiger partial charge < -0.3 is 29.3 Å². The highest BCUT2D eigenvalue weighted by Crippen LogP contribution is 2.07. The molecule has 6 heteroatoms. The molecule has 2 heterocycles. The molecule has 0 aliphatic rings. The molecule has 2 rings (SSSR count). The predicted octanol–water partition coefficient (Wildman–Crippen LogP) is 0.528. The average molecular weight is 256 g/mol.